The van der Waals surface area contributed by atoms with Gasteiger partial charge in [0.25, 0.3) is 0 Å². The average Bonchev–Trinajstić information content (AvgIpc) is 3.24. The maximum atomic E-state index is 12.0. The quantitative estimate of drug-likeness (QED) is 0.699. The normalized spacial score (nSPS) is 28.9. The minimum absolute atomic E-state index is 0.00957. The van der Waals surface area contributed by atoms with E-state index >= 15 is 0 Å². The van der Waals surface area contributed by atoms with Gasteiger partial charge in [0.15, 0.2) is 5.78 Å². The van der Waals surface area contributed by atoms with Crippen LogP contribution in [-0.4, -0.2) is 5.78 Å². The minimum atomic E-state index is 0.00957. The Bertz CT molecular complexity index is 945. The number of hydrogen-bond acceptors (Lipinski definition) is 2. The molecule has 4 atom stereocenters. The van der Waals surface area contributed by atoms with E-state index in [0.717, 1.165) is 18.4 Å². The van der Waals surface area contributed by atoms with Gasteiger partial charge in [-0.1, -0.05) is 59.9 Å². The van der Waals surface area contributed by atoms with Gasteiger partial charge in [-0.3, -0.25) is 4.79 Å². The molecule has 0 spiro atoms. The van der Waals surface area contributed by atoms with E-state index in [9.17, 15) is 4.79 Å². The highest BCUT2D eigenvalue weighted by atomic mass is 16.5. The van der Waals surface area contributed by atoms with Gasteiger partial charge in [-0.05, 0) is 42.2 Å². The molecule has 1 aliphatic carbocycles. The monoisotopic (exact) mass is 340 g/mol. The summed E-state index contributed by atoms with van der Waals surface area (Å²) in [7, 11) is 0. The highest BCUT2D eigenvalue weighted by molar-refractivity contribution is 5.91. The van der Waals surface area contributed by atoms with Gasteiger partial charge in [0.05, 0.1) is 18.1 Å². The lowest BCUT2D eigenvalue weighted by Crippen LogP contribution is -2.24. The van der Waals surface area contributed by atoms with E-state index < -0.39 is 0 Å². The molecule has 2 heteroatoms. The maximum Gasteiger partial charge on any atom is 0.155 e. The smallest absolute Gasteiger partial charge is 0.155 e. The fourth-order valence-corrected chi connectivity index (χ4v) is 4.63. The zero-order valence-electron chi connectivity index (χ0n) is 14.5. The Balaban J connectivity index is 1.57. The molecule has 2 bridgehead atoms. The predicted molar refractivity (Wildman–Crippen MR) is 100 cm³/mol. The number of ketones is 1. The fraction of sp³-hybridized carbons (Fsp3) is 0.292. The van der Waals surface area contributed by atoms with Gasteiger partial charge in [-0.2, -0.15) is 0 Å². The third-order valence-corrected chi connectivity index (χ3v) is 5.76. The molecule has 2 aliphatic heterocycles. The van der Waals surface area contributed by atoms with Gasteiger partial charge < -0.3 is 4.74 Å². The summed E-state index contributed by atoms with van der Waals surface area (Å²) in [6, 6.07) is 18.6. The second-order valence-electron chi connectivity index (χ2n) is 7.33. The van der Waals surface area contributed by atoms with Gasteiger partial charge in [-0.15, -0.1) is 0 Å². The molecule has 1 fully saturated rings. The maximum absolute atomic E-state index is 12.0. The van der Waals surface area contributed by atoms with E-state index in [-0.39, 0.29) is 29.8 Å². The summed E-state index contributed by atoms with van der Waals surface area (Å²) in [6.07, 6.45) is 4.51. The minimum Gasteiger partial charge on any atom is -0.364 e. The van der Waals surface area contributed by atoms with Crippen molar-refractivity contribution < 1.29 is 9.53 Å². The summed E-state index contributed by atoms with van der Waals surface area (Å²) in [5.41, 5.74) is 4.80. The summed E-state index contributed by atoms with van der Waals surface area (Å²) < 4.78 is 6.39. The number of rotatable bonds is 1. The summed E-state index contributed by atoms with van der Waals surface area (Å²) in [4.78, 5) is 12.0. The molecule has 0 saturated carbocycles. The average molecular weight is 340 g/mol. The van der Waals surface area contributed by atoms with Crippen LogP contribution in [0, 0.1) is 23.7 Å². The van der Waals surface area contributed by atoms with Crippen LogP contribution in [0.1, 0.15) is 48.2 Å². The molecular formula is C24H20O2. The molecule has 26 heavy (non-hydrogen) atoms. The zero-order chi connectivity index (χ0) is 17.5. The molecule has 128 valence electrons. The number of carbonyl (C=O) groups excluding carboxylic acids is 1. The Morgan fingerprint density at radius 3 is 2.38 bits per heavy atom. The molecule has 3 aliphatic rings. The largest absolute Gasteiger partial charge is 0.364 e. The molecule has 1 saturated heterocycles. The van der Waals surface area contributed by atoms with E-state index in [2.05, 4.69) is 36.1 Å². The third kappa shape index (κ3) is 2.52. The van der Waals surface area contributed by atoms with Crippen molar-refractivity contribution >= 4 is 5.78 Å². The second kappa shape index (κ2) is 6.27. The highest BCUT2D eigenvalue weighted by Gasteiger charge is 2.52. The summed E-state index contributed by atoms with van der Waals surface area (Å²) in [6.45, 7) is 0. The standard InChI is InChI=1S/C24H20O2/c25-18-10-6-9-17(15-18)22-21(14-13-16-7-2-1-3-8-16)23-19-11-4-5-12-20(19)24(22)26-23/h1-5,7-8,11-12,15,21-24H,6,9-10H2/t21-,22+,23+,24-/m1/s1. The number of carbonyl (C=O) groups is 1. The summed E-state index contributed by atoms with van der Waals surface area (Å²) in [5.74, 6) is 7.39. The first-order valence-corrected chi connectivity index (χ1v) is 9.35. The Labute approximate surface area is 153 Å². The van der Waals surface area contributed by atoms with Crippen molar-refractivity contribution in [2.24, 2.45) is 11.8 Å². The van der Waals surface area contributed by atoms with Crippen molar-refractivity contribution in [3.63, 3.8) is 0 Å². The molecule has 0 radical (unpaired) electrons. The summed E-state index contributed by atoms with van der Waals surface area (Å²) >= 11 is 0. The molecule has 5 rings (SSSR count). The van der Waals surface area contributed by atoms with Crippen LogP contribution < -0.4 is 0 Å². The first-order valence-electron chi connectivity index (χ1n) is 9.35. The first kappa shape index (κ1) is 15.6. The van der Waals surface area contributed by atoms with Crippen LogP contribution in [0.25, 0.3) is 0 Å². The fourth-order valence-electron chi connectivity index (χ4n) is 4.63. The van der Waals surface area contributed by atoms with Gasteiger partial charge in [0.1, 0.15) is 0 Å². The Morgan fingerprint density at radius 2 is 1.62 bits per heavy atom. The van der Waals surface area contributed by atoms with Crippen LogP contribution in [-0.2, 0) is 9.53 Å². The molecule has 2 heterocycles. The van der Waals surface area contributed by atoms with E-state index in [0.29, 0.717) is 6.42 Å². The number of hydrogen-bond donors (Lipinski definition) is 0. The molecule has 2 aromatic rings. The summed E-state index contributed by atoms with van der Waals surface area (Å²) in [5, 5.41) is 0. The number of ether oxygens (including phenoxy) is 1. The van der Waals surface area contributed by atoms with Gasteiger partial charge >= 0.3 is 0 Å². The van der Waals surface area contributed by atoms with Crippen LogP contribution in [0.2, 0.25) is 0 Å². The highest BCUT2D eigenvalue weighted by Crippen LogP contribution is 2.59. The van der Waals surface area contributed by atoms with Crippen molar-refractivity contribution in [3.05, 3.63) is 82.9 Å². The van der Waals surface area contributed by atoms with Crippen molar-refractivity contribution in [1.82, 2.24) is 0 Å². The van der Waals surface area contributed by atoms with E-state index in [1.54, 1.807) is 0 Å². The molecule has 0 amide bonds. The lowest BCUT2D eigenvalue weighted by atomic mass is 9.70. The van der Waals surface area contributed by atoms with E-state index in [1.807, 2.05) is 36.4 Å². The topological polar surface area (TPSA) is 26.3 Å². The molecule has 2 aromatic carbocycles. The molecular weight excluding hydrogens is 320 g/mol. The molecule has 0 N–H and O–H groups in total. The van der Waals surface area contributed by atoms with E-state index in [1.165, 1.54) is 16.7 Å². The Kier molecular flexibility index (Phi) is 3.76. The Hall–Kier alpha value is -2.63. The molecule has 0 unspecified atom stereocenters. The lowest BCUT2D eigenvalue weighted by molar-refractivity contribution is -0.115. The zero-order valence-corrected chi connectivity index (χ0v) is 14.5. The van der Waals surface area contributed by atoms with Crippen LogP contribution in [0.4, 0.5) is 0 Å². The molecule has 2 nitrogen and oxygen atoms in total. The third-order valence-electron chi connectivity index (χ3n) is 5.76. The predicted octanol–water partition coefficient (Wildman–Crippen LogP) is 4.78. The molecule has 0 aromatic heterocycles. The van der Waals surface area contributed by atoms with Crippen molar-refractivity contribution in [2.75, 3.05) is 0 Å². The Morgan fingerprint density at radius 1 is 0.885 bits per heavy atom. The van der Waals surface area contributed by atoms with Crippen LogP contribution in [0.15, 0.2) is 66.2 Å². The second-order valence-corrected chi connectivity index (χ2v) is 7.33. The number of fused-ring (bicyclic) bond motifs is 5. The number of allylic oxidation sites excluding steroid dienone is 1. The van der Waals surface area contributed by atoms with Crippen molar-refractivity contribution in [1.29, 1.82) is 0 Å². The number of benzene rings is 2. The lowest BCUT2D eigenvalue weighted by Gasteiger charge is -2.29. The van der Waals surface area contributed by atoms with Crippen molar-refractivity contribution in [3.8, 4) is 11.8 Å². The van der Waals surface area contributed by atoms with Gasteiger partial charge in [0, 0.05) is 17.9 Å². The van der Waals surface area contributed by atoms with Crippen LogP contribution >= 0.6 is 0 Å². The van der Waals surface area contributed by atoms with Crippen molar-refractivity contribution in [2.45, 2.75) is 31.5 Å². The van der Waals surface area contributed by atoms with Gasteiger partial charge in [-0.25, -0.2) is 0 Å². The first-order chi connectivity index (χ1) is 12.8. The van der Waals surface area contributed by atoms with Crippen LogP contribution in [0.5, 0.6) is 0 Å². The van der Waals surface area contributed by atoms with Crippen LogP contribution in [0.3, 0.4) is 0 Å². The van der Waals surface area contributed by atoms with E-state index in [4.69, 9.17) is 4.74 Å². The van der Waals surface area contributed by atoms with Gasteiger partial charge in [0.2, 0.25) is 0 Å². The SMILES string of the molecule is O=C1C=C([C@H]2[C@@H](C#Cc3ccccc3)[C@H]3O[C@@H]2c2ccccc23)CCC1.